The Bertz CT molecular complexity index is 648. The van der Waals surface area contributed by atoms with Gasteiger partial charge in [0.2, 0.25) is 4.96 Å². The number of carbonyl (C=O) groups is 1. The van der Waals surface area contributed by atoms with Gasteiger partial charge in [-0.1, -0.05) is 53.4 Å². The number of carbonyl (C=O) groups excluding carboxylic acids is 1. The van der Waals surface area contributed by atoms with Gasteiger partial charge in [0.15, 0.2) is 10.1 Å². The Hall–Kier alpha value is -1.73. The molecule has 5 nitrogen and oxygen atoms in total. The monoisotopic (exact) mass is 276 g/mol. The smallest absolute Gasteiger partial charge is 0.235 e. The quantitative estimate of drug-likeness (QED) is 0.540. The normalized spacial score (nSPS) is 10.9. The van der Waals surface area contributed by atoms with Crippen molar-refractivity contribution in [2.45, 2.75) is 4.34 Å². The number of benzene rings is 1. The largest absolute Gasteiger partial charge is 0.293 e. The van der Waals surface area contributed by atoms with Gasteiger partial charge in [-0.3, -0.25) is 4.79 Å². The van der Waals surface area contributed by atoms with Crippen molar-refractivity contribution in [1.29, 1.82) is 0 Å². The summed E-state index contributed by atoms with van der Waals surface area (Å²) in [4.78, 5) is 12.6. The van der Waals surface area contributed by atoms with Gasteiger partial charge in [0, 0.05) is 5.56 Å². The van der Waals surface area contributed by atoms with Crippen molar-refractivity contribution < 1.29 is 4.79 Å². The summed E-state index contributed by atoms with van der Waals surface area (Å²) in [6.07, 6.45) is 1.55. The summed E-state index contributed by atoms with van der Waals surface area (Å²) in [7, 11) is 0. The van der Waals surface area contributed by atoms with Crippen molar-refractivity contribution >= 4 is 33.8 Å². The fourth-order valence-corrected chi connectivity index (χ4v) is 3.19. The van der Waals surface area contributed by atoms with Gasteiger partial charge in [-0.25, -0.2) is 0 Å². The zero-order chi connectivity index (χ0) is 12.4. The van der Waals surface area contributed by atoms with Crippen LogP contribution in [0.25, 0.3) is 4.96 Å². The number of aromatic nitrogens is 4. The fourth-order valence-electron chi connectivity index (χ4n) is 1.43. The third-order valence-electron chi connectivity index (χ3n) is 2.29. The molecule has 0 saturated heterocycles. The second-order valence-electron chi connectivity index (χ2n) is 3.50. The minimum absolute atomic E-state index is 0.103. The molecule has 0 N–H and O–H groups in total. The summed E-state index contributed by atoms with van der Waals surface area (Å²) in [6, 6.07) is 9.26. The zero-order valence-corrected chi connectivity index (χ0v) is 10.8. The lowest BCUT2D eigenvalue weighted by Crippen LogP contribution is -2.01. The maximum atomic E-state index is 11.9. The zero-order valence-electron chi connectivity index (χ0n) is 9.18. The molecule has 0 radical (unpaired) electrons. The van der Waals surface area contributed by atoms with Crippen LogP contribution in [0.5, 0.6) is 0 Å². The van der Waals surface area contributed by atoms with Crippen molar-refractivity contribution in [3.63, 3.8) is 0 Å². The molecule has 2 aromatic heterocycles. The molecule has 90 valence electrons. The maximum Gasteiger partial charge on any atom is 0.235 e. The summed E-state index contributed by atoms with van der Waals surface area (Å²) >= 11 is 2.85. The van der Waals surface area contributed by atoms with E-state index in [2.05, 4.69) is 15.3 Å². The van der Waals surface area contributed by atoms with E-state index in [0.717, 1.165) is 14.9 Å². The molecule has 0 aliphatic heterocycles. The number of fused-ring (bicyclic) bond motifs is 1. The van der Waals surface area contributed by atoms with Gasteiger partial charge in [-0.2, -0.15) is 4.52 Å². The molecule has 0 fully saturated rings. The summed E-state index contributed by atoms with van der Waals surface area (Å²) in [5.41, 5.74) is 0.730. The predicted octanol–water partition coefficient (Wildman–Crippen LogP) is 2.16. The van der Waals surface area contributed by atoms with Crippen LogP contribution in [0.15, 0.2) is 41.0 Å². The van der Waals surface area contributed by atoms with E-state index in [0.29, 0.717) is 5.75 Å². The van der Waals surface area contributed by atoms with E-state index in [1.165, 1.54) is 23.1 Å². The Morgan fingerprint density at radius 3 is 2.94 bits per heavy atom. The molecule has 18 heavy (non-hydrogen) atoms. The number of hydrogen-bond donors (Lipinski definition) is 0. The summed E-state index contributed by atoms with van der Waals surface area (Å²) in [5.74, 6) is 0.486. The van der Waals surface area contributed by atoms with Gasteiger partial charge >= 0.3 is 0 Å². The van der Waals surface area contributed by atoms with Gasteiger partial charge in [-0.05, 0) is 0 Å². The molecule has 0 bridgehead atoms. The van der Waals surface area contributed by atoms with E-state index in [1.807, 2.05) is 30.3 Å². The lowest BCUT2D eigenvalue weighted by Gasteiger charge is -1.97. The SMILES string of the molecule is O=C(CSc1nn2cnnc2s1)c1ccccc1. The number of nitrogens with zero attached hydrogens (tertiary/aromatic N) is 4. The van der Waals surface area contributed by atoms with Crippen molar-refractivity contribution in [3.05, 3.63) is 42.2 Å². The molecule has 0 aliphatic carbocycles. The van der Waals surface area contributed by atoms with E-state index >= 15 is 0 Å². The second kappa shape index (κ2) is 4.87. The molecular weight excluding hydrogens is 268 g/mol. The van der Waals surface area contributed by atoms with Crippen molar-refractivity contribution in [1.82, 2.24) is 19.8 Å². The minimum Gasteiger partial charge on any atom is -0.293 e. The third-order valence-corrected chi connectivity index (χ3v) is 4.34. The van der Waals surface area contributed by atoms with Gasteiger partial charge in [0.1, 0.15) is 6.33 Å². The lowest BCUT2D eigenvalue weighted by atomic mass is 10.2. The molecule has 0 atom stereocenters. The Morgan fingerprint density at radius 1 is 1.33 bits per heavy atom. The van der Waals surface area contributed by atoms with Crippen molar-refractivity contribution in [3.8, 4) is 0 Å². The Labute approximate surface area is 111 Å². The van der Waals surface area contributed by atoms with Gasteiger partial charge in [0.25, 0.3) is 0 Å². The third kappa shape index (κ3) is 2.27. The van der Waals surface area contributed by atoms with Crippen LogP contribution >= 0.6 is 23.1 Å². The van der Waals surface area contributed by atoms with Gasteiger partial charge in [-0.15, -0.1) is 15.3 Å². The summed E-state index contributed by atoms with van der Waals surface area (Å²) in [6.45, 7) is 0. The molecule has 2 heterocycles. The molecule has 0 spiro atoms. The molecule has 7 heteroatoms. The highest BCUT2D eigenvalue weighted by molar-refractivity contribution is 8.01. The minimum atomic E-state index is 0.103. The highest BCUT2D eigenvalue weighted by Gasteiger charge is 2.10. The van der Waals surface area contributed by atoms with Crippen LogP contribution in [0.3, 0.4) is 0 Å². The first kappa shape index (κ1) is 11.4. The average Bonchev–Trinajstić information content (AvgIpc) is 2.97. The highest BCUT2D eigenvalue weighted by atomic mass is 32.2. The number of Topliss-reactive ketones (excluding diaryl/α,β-unsaturated/α-hetero) is 1. The van der Waals surface area contributed by atoms with Crippen LogP contribution in [-0.2, 0) is 0 Å². The number of ketones is 1. The van der Waals surface area contributed by atoms with E-state index in [9.17, 15) is 4.79 Å². The molecule has 3 aromatic rings. The van der Waals surface area contributed by atoms with Crippen molar-refractivity contribution in [2.75, 3.05) is 5.75 Å². The molecule has 3 rings (SSSR count). The van der Waals surface area contributed by atoms with Crippen LogP contribution in [0.2, 0.25) is 0 Å². The highest BCUT2D eigenvalue weighted by Crippen LogP contribution is 2.24. The molecule has 0 amide bonds. The summed E-state index contributed by atoms with van der Waals surface area (Å²) < 4.78 is 2.43. The van der Waals surface area contributed by atoms with Crippen molar-refractivity contribution in [2.24, 2.45) is 0 Å². The molecule has 0 aliphatic rings. The summed E-state index contributed by atoms with van der Waals surface area (Å²) in [5, 5.41) is 11.9. The predicted molar refractivity (Wildman–Crippen MR) is 70.2 cm³/mol. The first-order valence-electron chi connectivity index (χ1n) is 5.21. The van der Waals surface area contributed by atoms with Crippen LogP contribution in [0.1, 0.15) is 10.4 Å². The number of rotatable bonds is 4. The van der Waals surface area contributed by atoms with Gasteiger partial charge in [0.05, 0.1) is 5.75 Å². The van der Waals surface area contributed by atoms with E-state index in [-0.39, 0.29) is 5.78 Å². The first-order chi connectivity index (χ1) is 8.83. The van der Waals surface area contributed by atoms with E-state index in [1.54, 1.807) is 10.8 Å². The standard InChI is InChI=1S/C11H8N4OS2/c16-9(8-4-2-1-3-5-8)6-17-11-14-15-7-12-13-10(15)18-11/h1-5,7H,6H2. The van der Waals surface area contributed by atoms with Crippen LogP contribution in [-0.4, -0.2) is 31.3 Å². The topological polar surface area (TPSA) is 60.2 Å². The maximum absolute atomic E-state index is 11.9. The Balaban J connectivity index is 1.68. The van der Waals surface area contributed by atoms with Crippen LogP contribution < -0.4 is 0 Å². The molecule has 0 unspecified atom stereocenters. The molecule has 1 aromatic carbocycles. The van der Waals surface area contributed by atoms with E-state index < -0.39 is 0 Å². The lowest BCUT2D eigenvalue weighted by molar-refractivity contribution is 0.102. The Morgan fingerprint density at radius 2 is 2.17 bits per heavy atom. The molecular formula is C11H8N4OS2. The molecule has 0 saturated carbocycles. The number of hydrogen-bond acceptors (Lipinski definition) is 6. The fraction of sp³-hybridized carbons (Fsp3) is 0.0909. The Kier molecular flexibility index (Phi) is 3.07. The first-order valence-corrected chi connectivity index (χ1v) is 7.01. The average molecular weight is 276 g/mol. The number of thioether (sulfide) groups is 1. The van der Waals surface area contributed by atoms with Crippen LogP contribution in [0.4, 0.5) is 0 Å². The van der Waals surface area contributed by atoms with E-state index in [4.69, 9.17) is 0 Å². The van der Waals surface area contributed by atoms with Gasteiger partial charge < -0.3 is 0 Å². The second-order valence-corrected chi connectivity index (χ2v) is 5.68. The van der Waals surface area contributed by atoms with Crippen LogP contribution in [0, 0.1) is 0 Å².